The fourth-order valence-corrected chi connectivity index (χ4v) is 0.904. The van der Waals surface area contributed by atoms with Crippen LogP contribution in [0.2, 0.25) is 0 Å². The van der Waals surface area contributed by atoms with Crippen molar-refractivity contribution < 1.29 is 9.13 Å². The first kappa shape index (κ1) is 8.54. The lowest BCUT2D eigenvalue weighted by molar-refractivity contribution is 0.343. The van der Waals surface area contributed by atoms with Crippen molar-refractivity contribution in [1.29, 1.82) is 5.26 Å². The van der Waals surface area contributed by atoms with Gasteiger partial charge in [0.2, 0.25) is 0 Å². The van der Waals surface area contributed by atoms with Crippen LogP contribution in [0.25, 0.3) is 0 Å². The number of para-hydroxylation sites is 1. The van der Waals surface area contributed by atoms with E-state index in [1.807, 2.05) is 0 Å². The van der Waals surface area contributed by atoms with Crippen LogP contribution in [-0.2, 0) is 0 Å². The molecule has 0 radical (unpaired) electrons. The Balaban J connectivity index is 2.90. The van der Waals surface area contributed by atoms with Crippen LogP contribution < -0.4 is 4.74 Å². The molecule has 0 heterocycles. The van der Waals surface area contributed by atoms with Gasteiger partial charge >= 0.3 is 0 Å². The van der Waals surface area contributed by atoms with E-state index in [1.54, 1.807) is 25.1 Å². The zero-order valence-corrected chi connectivity index (χ0v) is 6.67. The predicted octanol–water partition coefficient (Wildman–Crippen LogP) is 2.04. The number of rotatable bonds is 2. The molecular weight excluding hydrogens is 157 g/mol. The molecule has 0 bridgehead atoms. The van der Waals surface area contributed by atoms with E-state index in [2.05, 4.69) is 0 Å². The third kappa shape index (κ3) is 1.73. The monoisotopic (exact) mass is 165 g/mol. The van der Waals surface area contributed by atoms with Gasteiger partial charge in [0, 0.05) is 0 Å². The van der Waals surface area contributed by atoms with Gasteiger partial charge in [-0.05, 0) is 18.6 Å². The van der Waals surface area contributed by atoms with Gasteiger partial charge in [-0.2, -0.15) is 5.26 Å². The van der Waals surface area contributed by atoms with Crippen molar-refractivity contribution in [2.24, 2.45) is 0 Å². The minimum atomic E-state index is -0.426. The SMILES string of the molecule is Cc1cccc(F)c1OCC#N. The number of hydrogen-bond donors (Lipinski definition) is 0. The van der Waals surface area contributed by atoms with E-state index >= 15 is 0 Å². The molecule has 62 valence electrons. The van der Waals surface area contributed by atoms with E-state index in [0.717, 1.165) is 0 Å². The van der Waals surface area contributed by atoms with Gasteiger partial charge in [-0.25, -0.2) is 4.39 Å². The first-order valence-corrected chi connectivity index (χ1v) is 3.50. The van der Waals surface area contributed by atoms with Crippen LogP contribution in [0.5, 0.6) is 5.75 Å². The maximum absolute atomic E-state index is 12.9. The van der Waals surface area contributed by atoms with E-state index in [1.165, 1.54) is 6.07 Å². The molecule has 0 aromatic heterocycles. The third-order valence-electron chi connectivity index (χ3n) is 1.44. The highest BCUT2D eigenvalue weighted by molar-refractivity contribution is 5.33. The zero-order chi connectivity index (χ0) is 8.97. The summed E-state index contributed by atoms with van der Waals surface area (Å²) in [7, 11) is 0. The first-order valence-electron chi connectivity index (χ1n) is 3.50. The molecule has 0 saturated carbocycles. The molecule has 0 amide bonds. The van der Waals surface area contributed by atoms with Crippen LogP contribution in [0.15, 0.2) is 18.2 Å². The van der Waals surface area contributed by atoms with Gasteiger partial charge in [0.15, 0.2) is 18.2 Å². The van der Waals surface area contributed by atoms with Crippen molar-refractivity contribution >= 4 is 0 Å². The number of ether oxygens (including phenoxy) is 1. The van der Waals surface area contributed by atoms with Gasteiger partial charge in [-0.15, -0.1) is 0 Å². The lowest BCUT2D eigenvalue weighted by Crippen LogP contribution is -1.97. The molecule has 0 aliphatic heterocycles. The third-order valence-corrected chi connectivity index (χ3v) is 1.44. The number of nitriles is 1. The molecule has 1 rings (SSSR count). The highest BCUT2D eigenvalue weighted by Crippen LogP contribution is 2.20. The minimum absolute atomic E-state index is 0.123. The summed E-state index contributed by atoms with van der Waals surface area (Å²) < 4.78 is 17.8. The summed E-state index contributed by atoms with van der Waals surface area (Å²) in [6.45, 7) is 1.61. The molecule has 0 spiro atoms. The topological polar surface area (TPSA) is 33.0 Å². The summed E-state index contributed by atoms with van der Waals surface area (Å²) in [6, 6.07) is 6.42. The summed E-state index contributed by atoms with van der Waals surface area (Å²) in [5.74, 6) is -0.260. The molecule has 1 aromatic carbocycles. The Morgan fingerprint density at radius 1 is 1.58 bits per heavy atom. The van der Waals surface area contributed by atoms with Crippen LogP contribution in [0.3, 0.4) is 0 Å². The van der Waals surface area contributed by atoms with Crippen molar-refractivity contribution in [3.8, 4) is 11.8 Å². The van der Waals surface area contributed by atoms with Gasteiger partial charge < -0.3 is 4.74 Å². The number of nitrogens with zero attached hydrogens (tertiary/aromatic N) is 1. The second kappa shape index (κ2) is 3.72. The lowest BCUT2D eigenvalue weighted by Gasteiger charge is -2.05. The highest BCUT2D eigenvalue weighted by atomic mass is 19.1. The van der Waals surface area contributed by atoms with Crippen molar-refractivity contribution in [2.45, 2.75) is 6.92 Å². The molecule has 0 N–H and O–H groups in total. The normalized spacial score (nSPS) is 9.08. The highest BCUT2D eigenvalue weighted by Gasteiger charge is 2.04. The molecule has 12 heavy (non-hydrogen) atoms. The van der Waals surface area contributed by atoms with Gasteiger partial charge in [0.1, 0.15) is 6.07 Å². The fraction of sp³-hybridized carbons (Fsp3) is 0.222. The summed E-state index contributed by atoms with van der Waals surface area (Å²) >= 11 is 0. The zero-order valence-electron chi connectivity index (χ0n) is 6.67. The van der Waals surface area contributed by atoms with E-state index in [9.17, 15) is 4.39 Å². The van der Waals surface area contributed by atoms with Crippen LogP contribution >= 0.6 is 0 Å². The molecule has 2 nitrogen and oxygen atoms in total. The minimum Gasteiger partial charge on any atom is -0.475 e. The molecule has 0 atom stereocenters. The van der Waals surface area contributed by atoms with Gasteiger partial charge in [0.05, 0.1) is 0 Å². The Hall–Kier alpha value is -1.56. The largest absolute Gasteiger partial charge is 0.475 e. The fourth-order valence-electron chi connectivity index (χ4n) is 0.904. The quantitative estimate of drug-likeness (QED) is 0.671. The number of benzene rings is 1. The van der Waals surface area contributed by atoms with E-state index in [4.69, 9.17) is 10.00 Å². The summed E-state index contributed by atoms with van der Waals surface area (Å²) in [4.78, 5) is 0. The molecule has 0 saturated heterocycles. The molecule has 1 aromatic rings. The number of hydrogen-bond acceptors (Lipinski definition) is 2. The molecular formula is C9H8FNO. The summed E-state index contributed by atoms with van der Waals surface area (Å²) in [5.41, 5.74) is 0.699. The molecule has 0 aliphatic rings. The predicted molar refractivity (Wildman–Crippen MR) is 42.2 cm³/mol. The van der Waals surface area contributed by atoms with Gasteiger partial charge in [0.25, 0.3) is 0 Å². The van der Waals surface area contributed by atoms with Crippen molar-refractivity contribution in [3.63, 3.8) is 0 Å². The van der Waals surface area contributed by atoms with Gasteiger partial charge in [-0.3, -0.25) is 0 Å². The Kier molecular flexibility index (Phi) is 2.65. The van der Waals surface area contributed by atoms with Crippen molar-refractivity contribution in [2.75, 3.05) is 6.61 Å². The van der Waals surface area contributed by atoms with E-state index in [0.29, 0.717) is 5.56 Å². The average Bonchev–Trinajstić information content (AvgIpc) is 2.04. The summed E-state index contributed by atoms with van der Waals surface area (Å²) in [5, 5.41) is 8.21. The van der Waals surface area contributed by atoms with Crippen LogP contribution in [0.1, 0.15) is 5.56 Å². The average molecular weight is 165 g/mol. The molecule has 0 aliphatic carbocycles. The van der Waals surface area contributed by atoms with Crippen LogP contribution in [0.4, 0.5) is 4.39 Å². The van der Waals surface area contributed by atoms with Crippen molar-refractivity contribution in [3.05, 3.63) is 29.6 Å². The lowest BCUT2D eigenvalue weighted by atomic mass is 10.2. The Labute approximate surface area is 70.2 Å². The first-order chi connectivity index (χ1) is 5.75. The van der Waals surface area contributed by atoms with Gasteiger partial charge in [-0.1, -0.05) is 12.1 Å². The van der Waals surface area contributed by atoms with E-state index in [-0.39, 0.29) is 12.4 Å². The molecule has 3 heteroatoms. The number of halogens is 1. The smallest absolute Gasteiger partial charge is 0.174 e. The summed E-state index contributed by atoms with van der Waals surface area (Å²) in [6.07, 6.45) is 0. The Morgan fingerprint density at radius 2 is 2.33 bits per heavy atom. The number of aryl methyl sites for hydroxylation is 1. The Bertz CT molecular complexity index is 297. The van der Waals surface area contributed by atoms with Crippen molar-refractivity contribution in [1.82, 2.24) is 0 Å². The standard InChI is InChI=1S/C9H8FNO/c1-7-3-2-4-8(10)9(7)12-6-5-11/h2-4H,6H2,1H3. The second-order valence-corrected chi connectivity index (χ2v) is 2.33. The maximum atomic E-state index is 12.9. The van der Waals surface area contributed by atoms with Crippen LogP contribution in [0, 0.1) is 24.1 Å². The Morgan fingerprint density at radius 3 is 2.92 bits per heavy atom. The van der Waals surface area contributed by atoms with Crippen LogP contribution in [-0.4, -0.2) is 6.61 Å². The molecule has 0 unspecified atom stereocenters. The maximum Gasteiger partial charge on any atom is 0.174 e. The molecule has 0 fully saturated rings. The van der Waals surface area contributed by atoms with E-state index < -0.39 is 5.82 Å². The second-order valence-electron chi connectivity index (χ2n) is 2.33.